The Morgan fingerprint density at radius 3 is 2.77 bits per heavy atom. The molecule has 0 bridgehead atoms. The van der Waals surface area contributed by atoms with Crippen LogP contribution in [0.25, 0.3) is 0 Å². The molecule has 22 heavy (non-hydrogen) atoms. The maximum atomic E-state index is 11.3. The van der Waals surface area contributed by atoms with Crippen molar-refractivity contribution < 1.29 is 19.0 Å². The highest BCUT2D eigenvalue weighted by Gasteiger charge is 2.58. The van der Waals surface area contributed by atoms with Crippen molar-refractivity contribution in [3.63, 3.8) is 0 Å². The average Bonchev–Trinajstić information content (AvgIpc) is 2.77. The van der Waals surface area contributed by atoms with Crippen molar-refractivity contribution in [3.05, 3.63) is 11.6 Å². The van der Waals surface area contributed by atoms with Crippen molar-refractivity contribution in [2.24, 2.45) is 23.2 Å². The van der Waals surface area contributed by atoms with Crippen molar-refractivity contribution in [2.75, 3.05) is 7.11 Å². The third kappa shape index (κ3) is 2.31. The summed E-state index contributed by atoms with van der Waals surface area (Å²) in [5, 5.41) is 0. The molecule has 0 spiro atoms. The van der Waals surface area contributed by atoms with E-state index >= 15 is 0 Å². The van der Waals surface area contributed by atoms with E-state index in [9.17, 15) is 4.79 Å². The fourth-order valence-corrected chi connectivity index (χ4v) is 5.21. The summed E-state index contributed by atoms with van der Waals surface area (Å²) in [5.41, 5.74) is 1.57. The molecule has 0 aromatic rings. The van der Waals surface area contributed by atoms with Crippen LogP contribution in [0.5, 0.6) is 0 Å². The monoisotopic (exact) mass is 308 g/mol. The van der Waals surface area contributed by atoms with Gasteiger partial charge in [0.2, 0.25) is 0 Å². The number of rotatable bonds is 2. The lowest BCUT2D eigenvalue weighted by molar-refractivity contribution is -0.146. The van der Waals surface area contributed by atoms with Crippen LogP contribution in [0, 0.1) is 23.2 Å². The Morgan fingerprint density at radius 2 is 2.14 bits per heavy atom. The third-order valence-electron chi connectivity index (χ3n) is 6.33. The minimum Gasteiger partial charge on any atom is -0.458 e. The summed E-state index contributed by atoms with van der Waals surface area (Å²) in [5.74, 6) is 1.14. The zero-order chi connectivity index (χ0) is 16.1. The molecule has 4 heteroatoms. The van der Waals surface area contributed by atoms with Gasteiger partial charge in [-0.2, -0.15) is 0 Å². The van der Waals surface area contributed by atoms with Crippen molar-refractivity contribution in [3.8, 4) is 0 Å². The molecule has 1 aliphatic heterocycles. The molecule has 2 aliphatic carbocycles. The van der Waals surface area contributed by atoms with E-state index in [1.807, 2.05) is 0 Å². The van der Waals surface area contributed by atoms with Crippen LogP contribution in [0.2, 0.25) is 0 Å². The summed E-state index contributed by atoms with van der Waals surface area (Å²) in [6, 6.07) is 0. The number of ether oxygens (including phenoxy) is 3. The van der Waals surface area contributed by atoms with Gasteiger partial charge in [0.05, 0.1) is 6.10 Å². The molecule has 4 nitrogen and oxygen atoms in total. The van der Waals surface area contributed by atoms with Gasteiger partial charge in [-0.15, -0.1) is 0 Å². The van der Waals surface area contributed by atoms with Crippen LogP contribution in [0.15, 0.2) is 11.6 Å². The molecule has 1 unspecified atom stereocenters. The van der Waals surface area contributed by atoms with E-state index < -0.39 is 0 Å². The van der Waals surface area contributed by atoms with Gasteiger partial charge < -0.3 is 14.2 Å². The van der Waals surface area contributed by atoms with Gasteiger partial charge in [-0.25, -0.2) is 0 Å². The van der Waals surface area contributed by atoms with Gasteiger partial charge >= 0.3 is 5.97 Å². The summed E-state index contributed by atoms with van der Waals surface area (Å²) >= 11 is 0. The van der Waals surface area contributed by atoms with E-state index in [4.69, 9.17) is 14.2 Å². The van der Waals surface area contributed by atoms with E-state index in [-0.39, 0.29) is 29.9 Å². The second-order valence-corrected chi connectivity index (χ2v) is 7.46. The molecular weight excluding hydrogens is 280 g/mol. The lowest BCUT2D eigenvalue weighted by Crippen LogP contribution is -2.49. The van der Waals surface area contributed by atoms with Crippen LogP contribution < -0.4 is 0 Å². The molecule has 1 saturated heterocycles. The summed E-state index contributed by atoms with van der Waals surface area (Å²) in [6.07, 6.45) is 5.30. The fraction of sp³-hybridized carbons (Fsp3) is 0.833. The zero-order valence-corrected chi connectivity index (χ0v) is 14.3. The van der Waals surface area contributed by atoms with E-state index in [1.165, 1.54) is 12.5 Å². The Balaban J connectivity index is 1.92. The van der Waals surface area contributed by atoms with E-state index in [1.54, 1.807) is 7.11 Å². The number of hydrogen-bond acceptors (Lipinski definition) is 4. The van der Waals surface area contributed by atoms with Crippen LogP contribution >= 0.6 is 0 Å². The SMILES string of the molecule is CO[C@@H]1OC2CCC3=C[C@@H](OC(C)=O)C[C@H](C)[C@@]3(C)[C@H]2[C@@H]1C. The molecular formula is C18H28O4. The zero-order valence-electron chi connectivity index (χ0n) is 14.3. The summed E-state index contributed by atoms with van der Waals surface area (Å²) < 4.78 is 17.1. The molecule has 2 fully saturated rings. The minimum absolute atomic E-state index is 0.0667. The lowest BCUT2D eigenvalue weighted by atomic mass is 9.52. The molecule has 0 aromatic heterocycles. The van der Waals surface area contributed by atoms with Crippen LogP contribution in [0.1, 0.15) is 47.0 Å². The average molecular weight is 308 g/mol. The number of allylic oxidation sites excluding steroid dienone is 1. The van der Waals surface area contributed by atoms with Gasteiger partial charge in [-0.3, -0.25) is 4.79 Å². The number of hydrogen-bond donors (Lipinski definition) is 0. The molecule has 0 radical (unpaired) electrons. The number of fused-ring (bicyclic) bond motifs is 3. The van der Waals surface area contributed by atoms with Crippen molar-refractivity contribution >= 4 is 5.97 Å². The first-order chi connectivity index (χ1) is 10.4. The van der Waals surface area contributed by atoms with Gasteiger partial charge in [-0.05, 0) is 36.7 Å². The van der Waals surface area contributed by atoms with Crippen LogP contribution in [-0.2, 0) is 19.0 Å². The molecule has 124 valence electrons. The number of carbonyl (C=O) groups is 1. The molecule has 3 rings (SSSR count). The molecule has 0 N–H and O–H groups in total. The molecule has 3 aliphatic rings. The first kappa shape index (κ1) is 16.0. The number of carbonyl (C=O) groups excluding carboxylic acids is 1. The van der Waals surface area contributed by atoms with Crippen molar-refractivity contribution in [1.29, 1.82) is 0 Å². The summed E-state index contributed by atoms with van der Waals surface area (Å²) in [4.78, 5) is 11.3. The summed E-state index contributed by atoms with van der Waals surface area (Å²) in [6.45, 7) is 8.41. The highest BCUT2D eigenvalue weighted by atomic mass is 16.7. The number of methoxy groups -OCH3 is 1. The predicted octanol–water partition coefficient (Wildman–Crippen LogP) is 3.31. The molecule has 1 saturated carbocycles. The second kappa shape index (κ2) is 5.64. The smallest absolute Gasteiger partial charge is 0.303 e. The summed E-state index contributed by atoms with van der Waals surface area (Å²) in [7, 11) is 1.73. The largest absolute Gasteiger partial charge is 0.458 e. The van der Waals surface area contributed by atoms with Gasteiger partial charge in [-0.1, -0.05) is 26.3 Å². The Kier molecular flexibility index (Phi) is 4.11. The standard InChI is InChI=1S/C18H28O4/c1-10-8-14(21-12(3)19)9-13-6-7-15-16(18(10,13)4)11(2)17(20-5)22-15/h9-11,14-17H,6-8H2,1-5H3/t10-,11-,14-,15?,16-,17+,18+/m0/s1. The van der Waals surface area contributed by atoms with Crippen LogP contribution in [-0.4, -0.2) is 31.6 Å². The topological polar surface area (TPSA) is 44.8 Å². The Bertz CT molecular complexity index is 483. The number of esters is 1. The Hall–Kier alpha value is -0.870. The predicted molar refractivity (Wildman–Crippen MR) is 83.1 cm³/mol. The van der Waals surface area contributed by atoms with Gasteiger partial charge in [0.1, 0.15) is 6.10 Å². The van der Waals surface area contributed by atoms with E-state index in [0.29, 0.717) is 17.8 Å². The highest BCUT2D eigenvalue weighted by Crippen LogP contribution is 2.59. The lowest BCUT2D eigenvalue weighted by Gasteiger charge is -2.52. The normalized spacial score (nSPS) is 47.4. The Labute approximate surface area is 133 Å². The van der Waals surface area contributed by atoms with Gasteiger partial charge in [0.15, 0.2) is 6.29 Å². The van der Waals surface area contributed by atoms with E-state index in [0.717, 1.165) is 19.3 Å². The maximum absolute atomic E-state index is 11.3. The first-order valence-corrected chi connectivity index (χ1v) is 8.44. The molecule has 1 heterocycles. The second-order valence-electron chi connectivity index (χ2n) is 7.46. The van der Waals surface area contributed by atoms with Crippen molar-refractivity contribution in [2.45, 2.75) is 65.5 Å². The van der Waals surface area contributed by atoms with Crippen LogP contribution in [0.3, 0.4) is 0 Å². The Morgan fingerprint density at radius 1 is 1.41 bits per heavy atom. The minimum atomic E-state index is -0.191. The quantitative estimate of drug-likeness (QED) is 0.580. The first-order valence-electron chi connectivity index (χ1n) is 8.44. The van der Waals surface area contributed by atoms with Crippen molar-refractivity contribution in [1.82, 2.24) is 0 Å². The van der Waals surface area contributed by atoms with Crippen LogP contribution in [0.4, 0.5) is 0 Å². The fourth-order valence-electron chi connectivity index (χ4n) is 5.21. The van der Waals surface area contributed by atoms with Gasteiger partial charge in [0, 0.05) is 25.9 Å². The molecule has 7 atom stereocenters. The third-order valence-corrected chi connectivity index (χ3v) is 6.33. The van der Waals surface area contributed by atoms with Gasteiger partial charge in [0.25, 0.3) is 0 Å². The molecule has 0 amide bonds. The van der Waals surface area contributed by atoms with E-state index in [2.05, 4.69) is 26.8 Å². The maximum Gasteiger partial charge on any atom is 0.303 e. The highest BCUT2D eigenvalue weighted by molar-refractivity contribution is 5.66. The molecule has 0 aromatic carbocycles.